The summed E-state index contributed by atoms with van der Waals surface area (Å²) in [4.78, 5) is 10.4. The van der Waals surface area contributed by atoms with Crippen molar-refractivity contribution in [3.8, 4) is 0 Å². The summed E-state index contributed by atoms with van der Waals surface area (Å²) >= 11 is 0. The molecule has 0 aliphatic heterocycles. The monoisotopic (exact) mass is 265 g/mol. The Labute approximate surface area is 119 Å². The Balaban J connectivity index is 1.87. The van der Waals surface area contributed by atoms with Crippen LogP contribution in [0.5, 0.6) is 0 Å². The van der Waals surface area contributed by atoms with Crippen molar-refractivity contribution >= 4 is 16.7 Å². The van der Waals surface area contributed by atoms with E-state index in [-0.39, 0.29) is 0 Å². The van der Waals surface area contributed by atoms with Gasteiger partial charge in [0.25, 0.3) is 0 Å². The number of nitrogens with one attached hydrogen (secondary N) is 1. The largest absolute Gasteiger partial charge is 0.364 e. The fraction of sp³-hybridized carbons (Fsp3) is 0.235. The maximum absolute atomic E-state index is 4.67. The van der Waals surface area contributed by atoms with Crippen LogP contribution in [-0.2, 0) is 6.54 Å². The first kappa shape index (κ1) is 12.7. The van der Waals surface area contributed by atoms with Gasteiger partial charge in [-0.15, -0.1) is 0 Å². The number of benzene rings is 2. The van der Waals surface area contributed by atoms with Crippen molar-refractivity contribution in [2.45, 2.75) is 20.4 Å². The summed E-state index contributed by atoms with van der Waals surface area (Å²) < 4.78 is 0. The Morgan fingerprint density at radius 2 is 1.90 bits per heavy atom. The second-order valence-corrected chi connectivity index (χ2v) is 5.05. The van der Waals surface area contributed by atoms with Gasteiger partial charge in [-0.3, -0.25) is 0 Å². The molecule has 0 aliphatic carbocycles. The fourth-order valence-corrected chi connectivity index (χ4v) is 2.46. The van der Waals surface area contributed by atoms with E-state index in [9.17, 15) is 0 Å². The van der Waals surface area contributed by atoms with Gasteiger partial charge in [-0.25, -0.2) is 4.98 Å². The van der Waals surface area contributed by atoms with Crippen LogP contribution >= 0.6 is 0 Å². The van der Waals surface area contributed by atoms with E-state index < -0.39 is 0 Å². The second-order valence-electron chi connectivity index (χ2n) is 5.05. The number of nitrogens with zero attached hydrogens (tertiary/aromatic N) is 2. The number of rotatable bonds is 4. The van der Waals surface area contributed by atoms with E-state index in [0.29, 0.717) is 0 Å². The van der Waals surface area contributed by atoms with Crippen molar-refractivity contribution < 1.29 is 0 Å². The molecule has 0 fully saturated rings. The quantitative estimate of drug-likeness (QED) is 0.776. The summed E-state index contributed by atoms with van der Waals surface area (Å²) in [5.41, 5.74) is 4.63. The number of H-pyrrole nitrogens is 1. The van der Waals surface area contributed by atoms with Crippen LogP contribution in [0.25, 0.3) is 11.0 Å². The van der Waals surface area contributed by atoms with Crippen molar-refractivity contribution in [1.82, 2.24) is 9.97 Å². The molecule has 0 saturated carbocycles. The Kier molecular flexibility index (Phi) is 3.42. The number of aromatic amines is 1. The number of para-hydroxylation sites is 1. The molecule has 1 aromatic heterocycles. The van der Waals surface area contributed by atoms with Crippen LogP contribution in [0.3, 0.4) is 0 Å². The third-order valence-electron chi connectivity index (χ3n) is 3.53. The molecule has 0 atom stereocenters. The molecular weight excluding hydrogens is 246 g/mol. The third-order valence-corrected chi connectivity index (χ3v) is 3.53. The normalized spacial score (nSPS) is 10.9. The van der Waals surface area contributed by atoms with Crippen LogP contribution in [0.1, 0.15) is 18.3 Å². The Morgan fingerprint density at radius 1 is 1.10 bits per heavy atom. The molecule has 0 spiro atoms. The predicted octanol–water partition coefficient (Wildman–Crippen LogP) is 3.90. The summed E-state index contributed by atoms with van der Waals surface area (Å²) in [5, 5.41) is 0. The molecule has 0 amide bonds. The topological polar surface area (TPSA) is 31.9 Å². The average molecular weight is 265 g/mol. The SMILES string of the molecule is CCN(Cc1nc2ccc(C)cc2[nH]1)c1ccccc1. The zero-order valence-corrected chi connectivity index (χ0v) is 11.9. The van der Waals surface area contributed by atoms with Crippen molar-refractivity contribution in [3.05, 3.63) is 59.9 Å². The molecule has 20 heavy (non-hydrogen) atoms. The molecule has 0 unspecified atom stereocenters. The Morgan fingerprint density at radius 3 is 2.65 bits per heavy atom. The van der Waals surface area contributed by atoms with Crippen LogP contribution in [0.15, 0.2) is 48.5 Å². The molecule has 2 aromatic carbocycles. The van der Waals surface area contributed by atoms with Gasteiger partial charge in [-0.2, -0.15) is 0 Å². The smallest absolute Gasteiger partial charge is 0.126 e. The third kappa shape index (κ3) is 2.52. The van der Waals surface area contributed by atoms with E-state index in [4.69, 9.17) is 0 Å². The lowest BCUT2D eigenvalue weighted by molar-refractivity contribution is 0.796. The molecule has 1 N–H and O–H groups in total. The van der Waals surface area contributed by atoms with Crippen LogP contribution < -0.4 is 4.90 Å². The number of aromatic nitrogens is 2. The van der Waals surface area contributed by atoms with Gasteiger partial charge in [0.2, 0.25) is 0 Å². The van der Waals surface area contributed by atoms with E-state index >= 15 is 0 Å². The molecule has 0 saturated heterocycles. The first-order valence-electron chi connectivity index (χ1n) is 7.01. The average Bonchev–Trinajstić information content (AvgIpc) is 2.87. The summed E-state index contributed by atoms with van der Waals surface area (Å²) in [5.74, 6) is 1.01. The molecule has 0 aliphatic rings. The summed E-state index contributed by atoms with van der Waals surface area (Å²) in [6.45, 7) is 6.02. The minimum absolute atomic E-state index is 0.800. The second kappa shape index (κ2) is 5.37. The highest BCUT2D eigenvalue weighted by atomic mass is 15.1. The van der Waals surface area contributed by atoms with Crippen molar-refractivity contribution in [3.63, 3.8) is 0 Å². The highest BCUT2D eigenvalue weighted by molar-refractivity contribution is 5.75. The van der Waals surface area contributed by atoms with Gasteiger partial charge in [0.05, 0.1) is 17.6 Å². The lowest BCUT2D eigenvalue weighted by atomic mass is 10.2. The first-order chi connectivity index (χ1) is 9.76. The highest BCUT2D eigenvalue weighted by Crippen LogP contribution is 2.18. The first-order valence-corrected chi connectivity index (χ1v) is 7.01. The number of anilines is 1. The van der Waals surface area contributed by atoms with E-state index in [1.807, 2.05) is 6.07 Å². The van der Waals surface area contributed by atoms with E-state index in [1.165, 1.54) is 11.3 Å². The van der Waals surface area contributed by atoms with Crippen molar-refractivity contribution in [2.75, 3.05) is 11.4 Å². The highest BCUT2D eigenvalue weighted by Gasteiger charge is 2.08. The summed E-state index contributed by atoms with van der Waals surface area (Å²) in [7, 11) is 0. The van der Waals surface area contributed by atoms with E-state index in [2.05, 4.69) is 71.2 Å². The molecule has 0 radical (unpaired) electrons. The fourth-order valence-electron chi connectivity index (χ4n) is 2.46. The number of fused-ring (bicyclic) bond motifs is 1. The lowest BCUT2D eigenvalue weighted by Crippen LogP contribution is -2.22. The predicted molar refractivity (Wildman–Crippen MR) is 84.0 cm³/mol. The van der Waals surface area contributed by atoms with Crippen LogP contribution in [0.2, 0.25) is 0 Å². The molecule has 3 heteroatoms. The van der Waals surface area contributed by atoms with Gasteiger partial charge >= 0.3 is 0 Å². The Hall–Kier alpha value is -2.29. The van der Waals surface area contributed by atoms with Crippen LogP contribution in [-0.4, -0.2) is 16.5 Å². The standard InChI is InChI=1S/C17H19N3/c1-3-20(14-7-5-4-6-8-14)12-17-18-15-10-9-13(2)11-16(15)19-17/h4-11H,3,12H2,1-2H3,(H,18,19). The van der Waals surface area contributed by atoms with E-state index in [0.717, 1.165) is 29.9 Å². The molecule has 3 nitrogen and oxygen atoms in total. The number of imidazole rings is 1. The zero-order valence-electron chi connectivity index (χ0n) is 11.9. The molecule has 1 heterocycles. The van der Waals surface area contributed by atoms with Crippen molar-refractivity contribution in [1.29, 1.82) is 0 Å². The van der Waals surface area contributed by atoms with E-state index in [1.54, 1.807) is 0 Å². The summed E-state index contributed by atoms with van der Waals surface area (Å²) in [6.07, 6.45) is 0. The molecule has 102 valence electrons. The van der Waals surface area contributed by atoms with Gasteiger partial charge in [0, 0.05) is 12.2 Å². The van der Waals surface area contributed by atoms with Gasteiger partial charge in [0.1, 0.15) is 5.82 Å². The van der Waals surface area contributed by atoms with Crippen LogP contribution in [0, 0.1) is 6.92 Å². The minimum Gasteiger partial charge on any atom is -0.364 e. The van der Waals surface area contributed by atoms with Gasteiger partial charge in [0.15, 0.2) is 0 Å². The number of aryl methyl sites for hydroxylation is 1. The summed E-state index contributed by atoms with van der Waals surface area (Å²) in [6, 6.07) is 16.8. The lowest BCUT2D eigenvalue weighted by Gasteiger charge is -2.21. The van der Waals surface area contributed by atoms with Gasteiger partial charge in [-0.05, 0) is 43.7 Å². The van der Waals surface area contributed by atoms with Gasteiger partial charge in [-0.1, -0.05) is 24.3 Å². The van der Waals surface area contributed by atoms with Crippen LogP contribution in [0.4, 0.5) is 5.69 Å². The van der Waals surface area contributed by atoms with Crippen molar-refractivity contribution in [2.24, 2.45) is 0 Å². The molecular formula is C17H19N3. The minimum atomic E-state index is 0.800. The number of hydrogen-bond donors (Lipinski definition) is 1. The Bertz CT molecular complexity index is 701. The molecule has 3 aromatic rings. The number of hydrogen-bond acceptors (Lipinski definition) is 2. The molecule has 3 rings (SSSR count). The van der Waals surface area contributed by atoms with Gasteiger partial charge < -0.3 is 9.88 Å². The molecule has 0 bridgehead atoms. The maximum Gasteiger partial charge on any atom is 0.126 e. The maximum atomic E-state index is 4.67. The zero-order chi connectivity index (χ0) is 13.9.